The number of carbonyl (C=O) groups excluding carboxylic acids is 1. The van der Waals surface area contributed by atoms with Crippen LogP contribution in [0.15, 0.2) is 83.7 Å². The monoisotopic (exact) mass is 443 g/mol. The number of H-pyrrole nitrogens is 1. The Bertz CT molecular complexity index is 1320. The van der Waals surface area contributed by atoms with E-state index in [9.17, 15) is 9.59 Å². The molecule has 0 aliphatic heterocycles. The van der Waals surface area contributed by atoms with Gasteiger partial charge in [-0.2, -0.15) is 0 Å². The van der Waals surface area contributed by atoms with E-state index < -0.39 is 0 Å². The summed E-state index contributed by atoms with van der Waals surface area (Å²) in [5.41, 5.74) is 2.45. The van der Waals surface area contributed by atoms with Gasteiger partial charge in [-0.15, -0.1) is 0 Å². The fraction of sp³-hybridized carbons (Fsp3) is 0.154. The van der Waals surface area contributed by atoms with Gasteiger partial charge in [0.05, 0.1) is 26.5 Å². The maximum absolute atomic E-state index is 13.3. The highest BCUT2D eigenvalue weighted by molar-refractivity contribution is 5.91. The van der Waals surface area contributed by atoms with Crippen LogP contribution in [-0.4, -0.2) is 30.1 Å². The molecule has 7 nitrogen and oxygen atoms in total. The van der Waals surface area contributed by atoms with Gasteiger partial charge in [-0.05, 0) is 42.0 Å². The van der Waals surface area contributed by atoms with Gasteiger partial charge >= 0.3 is 6.03 Å². The van der Waals surface area contributed by atoms with Crippen molar-refractivity contribution < 1.29 is 14.3 Å². The summed E-state index contributed by atoms with van der Waals surface area (Å²) >= 11 is 0. The Balaban J connectivity index is 1.66. The van der Waals surface area contributed by atoms with Crippen molar-refractivity contribution in [3.63, 3.8) is 0 Å². The van der Waals surface area contributed by atoms with Gasteiger partial charge in [0, 0.05) is 23.0 Å². The second-order valence-corrected chi connectivity index (χ2v) is 7.55. The van der Waals surface area contributed by atoms with Gasteiger partial charge in [-0.1, -0.05) is 42.5 Å². The molecule has 168 valence electrons. The van der Waals surface area contributed by atoms with E-state index in [1.807, 2.05) is 48.5 Å². The van der Waals surface area contributed by atoms with Crippen molar-refractivity contribution in [1.29, 1.82) is 0 Å². The van der Waals surface area contributed by atoms with E-state index in [0.717, 1.165) is 10.9 Å². The topological polar surface area (TPSA) is 83.7 Å². The third-order valence-corrected chi connectivity index (χ3v) is 5.34. The van der Waals surface area contributed by atoms with Crippen LogP contribution >= 0.6 is 0 Å². The predicted octanol–water partition coefficient (Wildman–Crippen LogP) is 4.78. The number of nitrogens with zero attached hydrogens (tertiary/aromatic N) is 1. The molecule has 2 amide bonds. The number of para-hydroxylation sites is 2. The highest BCUT2D eigenvalue weighted by Crippen LogP contribution is 2.24. The average molecular weight is 444 g/mol. The van der Waals surface area contributed by atoms with Crippen molar-refractivity contribution in [2.75, 3.05) is 19.5 Å². The molecule has 0 bridgehead atoms. The lowest BCUT2D eigenvalue weighted by atomic mass is 10.1. The van der Waals surface area contributed by atoms with E-state index in [-0.39, 0.29) is 18.1 Å². The summed E-state index contributed by atoms with van der Waals surface area (Å²) < 4.78 is 10.7. The van der Waals surface area contributed by atoms with Crippen LogP contribution in [0.25, 0.3) is 10.9 Å². The summed E-state index contributed by atoms with van der Waals surface area (Å²) in [5, 5.41) is 3.73. The van der Waals surface area contributed by atoms with Gasteiger partial charge in [0.25, 0.3) is 5.56 Å². The van der Waals surface area contributed by atoms with Crippen molar-refractivity contribution in [3.8, 4) is 11.5 Å². The molecule has 0 saturated heterocycles. The maximum Gasteiger partial charge on any atom is 0.322 e. The highest BCUT2D eigenvalue weighted by atomic mass is 16.5. The lowest BCUT2D eigenvalue weighted by Gasteiger charge is -2.24. The number of methoxy groups -OCH3 is 2. The number of anilines is 1. The molecule has 3 aromatic carbocycles. The van der Waals surface area contributed by atoms with E-state index >= 15 is 0 Å². The van der Waals surface area contributed by atoms with Crippen molar-refractivity contribution in [1.82, 2.24) is 9.88 Å². The number of ether oxygens (including phenoxy) is 2. The minimum Gasteiger partial charge on any atom is -0.497 e. The van der Waals surface area contributed by atoms with Crippen LogP contribution in [-0.2, 0) is 13.1 Å². The Kier molecular flexibility index (Phi) is 6.59. The molecular weight excluding hydrogens is 418 g/mol. The van der Waals surface area contributed by atoms with Crippen molar-refractivity contribution in [2.24, 2.45) is 0 Å². The molecule has 0 aliphatic rings. The number of urea groups is 1. The summed E-state index contributed by atoms with van der Waals surface area (Å²) in [6, 6.07) is 23.7. The first-order valence-corrected chi connectivity index (χ1v) is 10.5. The van der Waals surface area contributed by atoms with Crippen molar-refractivity contribution >= 4 is 22.6 Å². The molecule has 0 saturated carbocycles. The second kappa shape index (κ2) is 9.91. The van der Waals surface area contributed by atoms with Gasteiger partial charge in [-0.25, -0.2) is 4.79 Å². The Hall–Kier alpha value is -4.26. The number of hydrogen-bond donors (Lipinski definition) is 2. The fourth-order valence-electron chi connectivity index (χ4n) is 3.63. The largest absolute Gasteiger partial charge is 0.497 e. The van der Waals surface area contributed by atoms with Crippen LogP contribution in [0.3, 0.4) is 0 Å². The summed E-state index contributed by atoms with van der Waals surface area (Å²) in [7, 11) is 3.15. The second-order valence-electron chi connectivity index (χ2n) is 7.55. The highest BCUT2D eigenvalue weighted by Gasteiger charge is 2.18. The lowest BCUT2D eigenvalue weighted by molar-refractivity contribution is 0.206. The molecule has 0 atom stereocenters. The maximum atomic E-state index is 13.3. The normalized spacial score (nSPS) is 10.6. The SMILES string of the molecule is COc1ccc2[nH]c(=O)c(CN(Cc3ccccc3)C(=O)Nc3ccccc3OC)cc2c1. The number of benzene rings is 3. The zero-order valence-electron chi connectivity index (χ0n) is 18.5. The Labute approximate surface area is 191 Å². The van der Waals surface area contributed by atoms with Crippen molar-refractivity contribution in [2.45, 2.75) is 13.1 Å². The molecule has 0 spiro atoms. The van der Waals surface area contributed by atoms with Gasteiger partial charge in [0.15, 0.2) is 0 Å². The fourth-order valence-corrected chi connectivity index (χ4v) is 3.63. The Morgan fingerprint density at radius 3 is 2.42 bits per heavy atom. The Morgan fingerprint density at radius 2 is 1.67 bits per heavy atom. The first-order chi connectivity index (χ1) is 16.1. The number of rotatable bonds is 7. The molecule has 0 unspecified atom stereocenters. The molecule has 0 fully saturated rings. The summed E-state index contributed by atoms with van der Waals surface area (Å²) in [5.74, 6) is 1.25. The van der Waals surface area contributed by atoms with E-state index in [0.29, 0.717) is 34.8 Å². The molecular formula is C26H25N3O4. The average Bonchev–Trinajstić information content (AvgIpc) is 2.84. The minimum atomic E-state index is -0.339. The zero-order chi connectivity index (χ0) is 23.2. The standard InChI is InChI=1S/C26H25N3O4/c1-32-21-12-13-22-19(15-21)14-20(25(30)27-22)17-29(16-18-8-4-3-5-9-18)26(31)28-23-10-6-7-11-24(23)33-2/h3-15H,16-17H2,1-2H3,(H,27,30)(H,28,31). The smallest absolute Gasteiger partial charge is 0.322 e. The van der Waals surface area contributed by atoms with Crippen LogP contribution < -0.4 is 20.3 Å². The summed E-state index contributed by atoms with van der Waals surface area (Å²) in [6.45, 7) is 0.454. The van der Waals surface area contributed by atoms with E-state index in [1.165, 1.54) is 0 Å². The first-order valence-electron chi connectivity index (χ1n) is 10.5. The van der Waals surface area contributed by atoms with Crippen LogP contribution in [0.5, 0.6) is 11.5 Å². The van der Waals surface area contributed by atoms with Crippen molar-refractivity contribution in [3.05, 3.63) is 100 Å². The molecule has 2 N–H and O–H groups in total. The van der Waals surface area contributed by atoms with E-state index in [2.05, 4.69) is 10.3 Å². The number of nitrogens with one attached hydrogen (secondary N) is 2. The van der Waals surface area contributed by atoms with Gasteiger partial charge in [0.1, 0.15) is 11.5 Å². The molecule has 0 radical (unpaired) electrons. The molecule has 1 aromatic heterocycles. The number of pyridine rings is 1. The third kappa shape index (κ3) is 5.15. The van der Waals surface area contributed by atoms with Gasteiger partial charge < -0.3 is 24.7 Å². The molecule has 33 heavy (non-hydrogen) atoms. The number of carbonyl (C=O) groups is 1. The molecule has 4 aromatic rings. The van der Waals surface area contributed by atoms with Crippen LogP contribution in [0.2, 0.25) is 0 Å². The van der Waals surface area contributed by atoms with Crippen LogP contribution in [0, 0.1) is 0 Å². The molecule has 0 aliphatic carbocycles. The molecule has 1 heterocycles. The summed E-state index contributed by atoms with van der Waals surface area (Å²) in [6.07, 6.45) is 0. The van der Waals surface area contributed by atoms with Gasteiger partial charge in [0.2, 0.25) is 0 Å². The Morgan fingerprint density at radius 1 is 0.909 bits per heavy atom. The number of aromatic nitrogens is 1. The number of amides is 2. The molecule has 4 rings (SSSR count). The lowest BCUT2D eigenvalue weighted by Crippen LogP contribution is -2.35. The van der Waals surface area contributed by atoms with E-state index in [4.69, 9.17) is 9.47 Å². The molecule has 7 heteroatoms. The van der Waals surface area contributed by atoms with E-state index in [1.54, 1.807) is 49.5 Å². The quantitative estimate of drug-likeness (QED) is 0.431. The minimum absolute atomic E-state index is 0.123. The zero-order valence-corrected chi connectivity index (χ0v) is 18.5. The summed E-state index contributed by atoms with van der Waals surface area (Å²) in [4.78, 5) is 30.6. The van der Waals surface area contributed by atoms with Gasteiger partial charge in [-0.3, -0.25) is 4.79 Å². The number of fused-ring (bicyclic) bond motifs is 1. The van der Waals surface area contributed by atoms with Crippen LogP contribution in [0.1, 0.15) is 11.1 Å². The number of aromatic amines is 1. The third-order valence-electron chi connectivity index (χ3n) is 5.34. The van der Waals surface area contributed by atoms with Crippen LogP contribution in [0.4, 0.5) is 10.5 Å². The predicted molar refractivity (Wildman–Crippen MR) is 129 cm³/mol. The number of hydrogen-bond acceptors (Lipinski definition) is 4. The first kappa shape index (κ1) is 22.0.